The highest BCUT2D eigenvalue weighted by Gasteiger charge is 2.00. The normalized spacial score (nSPS) is 17.1. The van der Waals surface area contributed by atoms with Crippen LogP contribution in [0, 0.1) is 0 Å². The largest absolute Gasteiger partial charge is 0.324 e. The standard InChI is InChI=1S/C9H18IN/c1-3-4-5-6-9(11)7-8(2)10/h5-6,8-9H,3-4,7,11H2,1-2H3/b6-5+. The van der Waals surface area contributed by atoms with Crippen LogP contribution in [-0.4, -0.2) is 9.97 Å². The Hall–Kier alpha value is 0.430. The van der Waals surface area contributed by atoms with Gasteiger partial charge in [0.25, 0.3) is 0 Å². The number of alkyl halides is 1. The summed E-state index contributed by atoms with van der Waals surface area (Å²) >= 11 is 2.40. The smallest absolute Gasteiger partial charge is 0.0233 e. The van der Waals surface area contributed by atoms with Crippen LogP contribution in [0.15, 0.2) is 12.2 Å². The van der Waals surface area contributed by atoms with Crippen LogP contribution in [0.2, 0.25) is 0 Å². The predicted molar refractivity (Wildman–Crippen MR) is 60.1 cm³/mol. The molecule has 0 aliphatic heterocycles. The number of rotatable bonds is 5. The lowest BCUT2D eigenvalue weighted by Crippen LogP contribution is -2.19. The Morgan fingerprint density at radius 2 is 2.18 bits per heavy atom. The molecule has 2 unspecified atom stereocenters. The average molecular weight is 267 g/mol. The third-order valence-corrected chi connectivity index (χ3v) is 1.94. The molecule has 0 amide bonds. The lowest BCUT2D eigenvalue weighted by Gasteiger charge is -2.07. The highest BCUT2D eigenvalue weighted by atomic mass is 127. The fourth-order valence-corrected chi connectivity index (χ4v) is 1.48. The van der Waals surface area contributed by atoms with Gasteiger partial charge in [-0.3, -0.25) is 0 Å². The molecule has 2 atom stereocenters. The summed E-state index contributed by atoms with van der Waals surface area (Å²) in [7, 11) is 0. The van der Waals surface area contributed by atoms with Gasteiger partial charge in [0.15, 0.2) is 0 Å². The molecule has 0 radical (unpaired) electrons. The first-order valence-electron chi connectivity index (χ1n) is 4.23. The number of allylic oxidation sites excluding steroid dienone is 1. The van der Waals surface area contributed by atoms with Crippen molar-refractivity contribution in [3.63, 3.8) is 0 Å². The molecular weight excluding hydrogens is 249 g/mol. The van der Waals surface area contributed by atoms with Gasteiger partial charge < -0.3 is 5.73 Å². The Labute approximate surface area is 83.6 Å². The van der Waals surface area contributed by atoms with Crippen LogP contribution in [0.25, 0.3) is 0 Å². The van der Waals surface area contributed by atoms with Crippen molar-refractivity contribution in [2.45, 2.75) is 43.1 Å². The van der Waals surface area contributed by atoms with E-state index in [0.29, 0.717) is 3.92 Å². The molecule has 0 aromatic heterocycles. The van der Waals surface area contributed by atoms with Crippen LogP contribution >= 0.6 is 22.6 Å². The molecule has 0 saturated carbocycles. The first-order valence-corrected chi connectivity index (χ1v) is 5.47. The van der Waals surface area contributed by atoms with E-state index in [9.17, 15) is 0 Å². The molecule has 0 saturated heterocycles. The third kappa shape index (κ3) is 8.34. The number of halogens is 1. The Morgan fingerprint density at radius 3 is 2.64 bits per heavy atom. The van der Waals surface area contributed by atoms with E-state index in [1.807, 2.05) is 0 Å². The Balaban J connectivity index is 3.42. The van der Waals surface area contributed by atoms with Crippen LogP contribution in [0.5, 0.6) is 0 Å². The van der Waals surface area contributed by atoms with Gasteiger partial charge in [0.2, 0.25) is 0 Å². The number of unbranched alkanes of at least 4 members (excludes halogenated alkanes) is 1. The van der Waals surface area contributed by atoms with Crippen LogP contribution in [0.1, 0.15) is 33.1 Å². The predicted octanol–water partition coefficient (Wildman–Crippen LogP) is 2.88. The van der Waals surface area contributed by atoms with Crippen molar-refractivity contribution in [1.29, 1.82) is 0 Å². The van der Waals surface area contributed by atoms with Crippen LogP contribution in [0.3, 0.4) is 0 Å². The molecule has 0 fully saturated rings. The molecule has 0 aromatic carbocycles. The van der Waals surface area contributed by atoms with Gasteiger partial charge >= 0.3 is 0 Å². The Morgan fingerprint density at radius 1 is 1.55 bits per heavy atom. The van der Waals surface area contributed by atoms with Crippen molar-refractivity contribution >= 4 is 22.6 Å². The molecule has 2 N–H and O–H groups in total. The minimum Gasteiger partial charge on any atom is -0.324 e. The van der Waals surface area contributed by atoms with Crippen molar-refractivity contribution in [1.82, 2.24) is 0 Å². The van der Waals surface area contributed by atoms with Crippen LogP contribution in [-0.2, 0) is 0 Å². The molecule has 11 heavy (non-hydrogen) atoms. The lowest BCUT2D eigenvalue weighted by atomic mass is 10.1. The summed E-state index contributed by atoms with van der Waals surface area (Å²) in [5.41, 5.74) is 5.82. The summed E-state index contributed by atoms with van der Waals surface area (Å²) in [6.07, 6.45) is 7.76. The first-order chi connectivity index (χ1) is 5.16. The second-order valence-corrected chi connectivity index (χ2v) is 5.02. The highest BCUT2D eigenvalue weighted by molar-refractivity contribution is 14.1. The van der Waals surface area contributed by atoms with Crippen LogP contribution < -0.4 is 5.73 Å². The number of nitrogens with two attached hydrogens (primary N) is 1. The van der Waals surface area contributed by atoms with Gasteiger partial charge in [0.05, 0.1) is 0 Å². The van der Waals surface area contributed by atoms with E-state index in [2.05, 4.69) is 48.6 Å². The maximum absolute atomic E-state index is 5.82. The Bertz CT molecular complexity index is 110. The lowest BCUT2D eigenvalue weighted by molar-refractivity contribution is 0.726. The summed E-state index contributed by atoms with van der Waals surface area (Å²) in [5, 5.41) is 0. The fraction of sp³-hybridized carbons (Fsp3) is 0.778. The van der Waals surface area contributed by atoms with E-state index in [-0.39, 0.29) is 6.04 Å². The Kier molecular flexibility index (Phi) is 7.38. The fourth-order valence-electron chi connectivity index (χ4n) is 0.891. The zero-order chi connectivity index (χ0) is 8.69. The minimum absolute atomic E-state index is 0.258. The van der Waals surface area contributed by atoms with Crippen molar-refractivity contribution in [3.05, 3.63) is 12.2 Å². The maximum atomic E-state index is 5.82. The number of hydrogen-bond donors (Lipinski definition) is 1. The van der Waals surface area contributed by atoms with Crippen molar-refractivity contribution < 1.29 is 0 Å². The topological polar surface area (TPSA) is 26.0 Å². The maximum Gasteiger partial charge on any atom is 0.0233 e. The van der Waals surface area contributed by atoms with E-state index < -0.39 is 0 Å². The molecule has 0 aliphatic carbocycles. The van der Waals surface area contributed by atoms with E-state index in [4.69, 9.17) is 5.73 Å². The molecule has 0 rings (SSSR count). The molecule has 0 aliphatic rings. The zero-order valence-corrected chi connectivity index (χ0v) is 9.54. The van der Waals surface area contributed by atoms with Gasteiger partial charge in [-0.2, -0.15) is 0 Å². The van der Waals surface area contributed by atoms with E-state index in [1.54, 1.807) is 0 Å². The van der Waals surface area contributed by atoms with E-state index >= 15 is 0 Å². The molecular formula is C9H18IN. The SMILES string of the molecule is CCC/C=C/C(N)CC(C)I. The third-order valence-electron chi connectivity index (χ3n) is 1.44. The monoisotopic (exact) mass is 267 g/mol. The summed E-state index contributed by atoms with van der Waals surface area (Å²) in [6.45, 7) is 4.37. The average Bonchev–Trinajstić information content (AvgIpc) is 1.86. The summed E-state index contributed by atoms with van der Waals surface area (Å²) in [5.74, 6) is 0. The summed E-state index contributed by atoms with van der Waals surface area (Å²) in [6, 6.07) is 0.258. The molecule has 0 spiro atoms. The van der Waals surface area contributed by atoms with Crippen molar-refractivity contribution in [3.8, 4) is 0 Å². The molecule has 1 nitrogen and oxygen atoms in total. The molecule has 2 heteroatoms. The van der Waals surface area contributed by atoms with Crippen molar-refractivity contribution in [2.75, 3.05) is 0 Å². The van der Waals surface area contributed by atoms with Gasteiger partial charge in [-0.25, -0.2) is 0 Å². The van der Waals surface area contributed by atoms with Gasteiger partial charge in [0.1, 0.15) is 0 Å². The van der Waals surface area contributed by atoms with E-state index in [1.165, 1.54) is 6.42 Å². The van der Waals surface area contributed by atoms with E-state index in [0.717, 1.165) is 12.8 Å². The minimum atomic E-state index is 0.258. The second kappa shape index (κ2) is 7.10. The van der Waals surface area contributed by atoms with Gasteiger partial charge in [-0.1, -0.05) is 55.0 Å². The highest BCUT2D eigenvalue weighted by Crippen LogP contribution is 2.07. The summed E-state index contributed by atoms with van der Waals surface area (Å²) in [4.78, 5) is 0. The zero-order valence-electron chi connectivity index (χ0n) is 7.39. The molecule has 66 valence electrons. The van der Waals surface area contributed by atoms with Gasteiger partial charge in [0, 0.05) is 9.97 Å². The summed E-state index contributed by atoms with van der Waals surface area (Å²) < 4.78 is 0.675. The molecule has 0 aromatic rings. The van der Waals surface area contributed by atoms with Crippen molar-refractivity contribution in [2.24, 2.45) is 5.73 Å². The molecule has 0 bridgehead atoms. The quantitative estimate of drug-likeness (QED) is 0.462. The molecule has 0 heterocycles. The number of hydrogen-bond acceptors (Lipinski definition) is 1. The van der Waals surface area contributed by atoms with Crippen LogP contribution in [0.4, 0.5) is 0 Å². The van der Waals surface area contributed by atoms with Gasteiger partial charge in [-0.05, 0) is 12.8 Å². The first kappa shape index (κ1) is 11.4. The second-order valence-electron chi connectivity index (χ2n) is 2.90. The van der Waals surface area contributed by atoms with Gasteiger partial charge in [-0.15, -0.1) is 0 Å².